The molecule has 13 nitrogen and oxygen atoms in total. The Labute approximate surface area is 263 Å². The largest absolute Gasteiger partial charge is 0.395 e. The van der Waals surface area contributed by atoms with Crippen LogP contribution in [-0.2, 0) is 31.6 Å². The first-order valence-corrected chi connectivity index (χ1v) is 15.5. The van der Waals surface area contributed by atoms with Crippen molar-refractivity contribution in [3.05, 3.63) is 76.8 Å². The normalized spacial score (nSPS) is 17.0. The highest BCUT2D eigenvalue weighted by atomic mass is 35.5. The van der Waals surface area contributed by atoms with Gasteiger partial charge in [0.15, 0.2) is 5.03 Å². The maximum Gasteiger partial charge on any atom is 0.260 e. The first-order chi connectivity index (χ1) is 20.9. The van der Waals surface area contributed by atoms with Crippen LogP contribution in [0.5, 0.6) is 0 Å². The molecule has 2 atom stereocenters. The number of aliphatic hydroxyl groups is 1. The number of anilines is 3. The summed E-state index contributed by atoms with van der Waals surface area (Å²) in [5, 5.41) is 11.6. The van der Waals surface area contributed by atoms with Crippen LogP contribution in [-0.4, -0.2) is 64.1 Å². The Hall–Kier alpha value is -4.08. The van der Waals surface area contributed by atoms with Gasteiger partial charge in [-0.05, 0) is 43.2 Å². The molecule has 1 aliphatic heterocycles. The Morgan fingerprint density at radius 3 is 2.43 bits per heavy atom. The van der Waals surface area contributed by atoms with Gasteiger partial charge in [0.05, 0.1) is 24.5 Å². The summed E-state index contributed by atoms with van der Waals surface area (Å²) in [5.41, 5.74) is 6.91. The molecule has 0 unspecified atom stereocenters. The Morgan fingerprint density at radius 1 is 1.11 bits per heavy atom. The molecule has 0 spiro atoms. The predicted molar refractivity (Wildman–Crippen MR) is 165 cm³/mol. The van der Waals surface area contributed by atoms with Crippen molar-refractivity contribution in [2.45, 2.75) is 36.9 Å². The van der Waals surface area contributed by atoms with Gasteiger partial charge in [-0.15, -0.1) is 0 Å². The van der Waals surface area contributed by atoms with Gasteiger partial charge in [-0.25, -0.2) is 28.3 Å². The minimum Gasteiger partial charge on any atom is -0.395 e. The number of nitrogens with zero attached hydrogens (tertiary/aromatic N) is 5. The fourth-order valence-corrected chi connectivity index (χ4v) is 6.98. The number of imidazole rings is 1. The molecule has 2 aromatic carbocycles. The van der Waals surface area contributed by atoms with Gasteiger partial charge in [0, 0.05) is 34.8 Å². The van der Waals surface area contributed by atoms with Crippen molar-refractivity contribution in [2.75, 3.05) is 23.8 Å². The summed E-state index contributed by atoms with van der Waals surface area (Å²) in [6.07, 6.45) is 4.14. The number of benzene rings is 2. The number of halogens is 2. The molecule has 0 aliphatic carbocycles. The lowest BCUT2D eigenvalue weighted by atomic mass is 9.91. The van der Waals surface area contributed by atoms with Crippen molar-refractivity contribution in [1.82, 2.24) is 29.6 Å². The van der Waals surface area contributed by atoms with Gasteiger partial charge in [-0.3, -0.25) is 14.2 Å². The van der Waals surface area contributed by atoms with E-state index in [1.54, 1.807) is 25.3 Å². The number of aromatic nitrogens is 4. The van der Waals surface area contributed by atoms with E-state index in [0.29, 0.717) is 22.6 Å². The third-order valence-corrected chi connectivity index (χ3v) is 9.08. The molecule has 16 heteroatoms. The van der Waals surface area contributed by atoms with E-state index in [2.05, 4.69) is 25.0 Å². The zero-order valence-corrected chi connectivity index (χ0v) is 25.9. The van der Waals surface area contributed by atoms with E-state index in [1.165, 1.54) is 40.9 Å². The van der Waals surface area contributed by atoms with Crippen LogP contribution in [0, 0.1) is 0 Å². The van der Waals surface area contributed by atoms with Crippen molar-refractivity contribution >= 4 is 62.5 Å². The smallest absolute Gasteiger partial charge is 0.260 e. The van der Waals surface area contributed by atoms with E-state index >= 15 is 0 Å². The molecule has 2 aromatic heterocycles. The monoisotopic (exact) mass is 658 g/mol. The number of sulfonamides is 1. The zero-order valence-electron chi connectivity index (χ0n) is 23.5. The average molecular weight is 660 g/mol. The Kier molecular flexibility index (Phi) is 8.64. The molecule has 5 N–H and O–H groups in total. The van der Waals surface area contributed by atoms with Crippen LogP contribution >= 0.6 is 23.2 Å². The number of rotatable bonds is 10. The summed E-state index contributed by atoms with van der Waals surface area (Å²) >= 11 is 12.5. The second-order valence-electron chi connectivity index (χ2n) is 10.3. The second kappa shape index (κ2) is 12.1. The van der Waals surface area contributed by atoms with Crippen LogP contribution in [0.25, 0.3) is 11.1 Å². The predicted octanol–water partition coefficient (Wildman–Crippen LogP) is 2.64. The first kappa shape index (κ1) is 31.3. The lowest BCUT2D eigenvalue weighted by molar-refractivity contribution is -0.124. The fraction of sp³-hybridized carbons (Fsp3) is 0.250. The van der Waals surface area contributed by atoms with Gasteiger partial charge in [0.2, 0.25) is 11.9 Å². The molecule has 0 radical (unpaired) electrons. The number of hydrogen-bond acceptors (Lipinski definition) is 9. The maximum absolute atomic E-state index is 14.3. The minimum absolute atomic E-state index is 0.0272. The van der Waals surface area contributed by atoms with Gasteiger partial charge >= 0.3 is 0 Å². The van der Waals surface area contributed by atoms with Crippen molar-refractivity contribution in [2.24, 2.45) is 0 Å². The van der Waals surface area contributed by atoms with Crippen molar-refractivity contribution in [3.8, 4) is 11.1 Å². The van der Waals surface area contributed by atoms with Gasteiger partial charge in [0.1, 0.15) is 17.7 Å². The topological polar surface area (TPSA) is 185 Å². The minimum atomic E-state index is -4.40. The highest BCUT2D eigenvalue weighted by Gasteiger charge is 2.52. The van der Waals surface area contributed by atoms with Crippen LogP contribution in [0.1, 0.15) is 19.4 Å². The first-order valence-electron chi connectivity index (χ1n) is 13.3. The van der Waals surface area contributed by atoms with E-state index in [9.17, 15) is 18.0 Å². The van der Waals surface area contributed by atoms with Crippen molar-refractivity contribution in [3.63, 3.8) is 0 Å². The standard InChI is InChI=1S/C28H28Cl2N8O5S/c1-16(25(40)33-7-8-39)36-44(42,43)23-14-34-27-37(21-10-19(29)9-20(30)11-21)26(41)28(2,38(23)27)12-17-3-5-18(6-4-17)22-13-32-15-35-24(22)31/h3-6,9-11,13-16,36,39H,7-8,12H2,1-2H3,(H,33,40)(H2,31,32,35)/t16-,28+/m0/s1. The number of carbonyl (C=O) groups excluding carboxylic acids is 2. The van der Waals surface area contributed by atoms with Crippen LogP contribution in [0.2, 0.25) is 10.0 Å². The highest BCUT2D eigenvalue weighted by molar-refractivity contribution is 7.89. The zero-order chi connectivity index (χ0) is 31.8. The molecule has 4 aromatic rings. The summed E-state index contributed by atoms with van der Waals surface area (Å²) < 4.78 is 31.0. The van der Waals surface area contributed by atoms with E-state index in [1.807, 2.05) is 12.1 Å². The number of nitrogens with two attached hydrogens (primary N) is 1. The molecular weight excluding hydrogens is 631 g/mol. The summed E-state index contributed by atoms with van der Waals surface area (Å²) in [4.78, 5) is 40.3. The molecule has 230 valence electrons. The maximum atomic E-state index is 14.3. The number of aliphatic hydroxyl groups excluding tert-OH is 1. The highest BCUT2D eigenvalue weighted by Crippen LogP contribution is 2.44. The molecular formula is C28H28Cl2N8O5S. The molecule has 5 rings (SSSR count). The van der Waals surface area contributed by atoms with E-state index in [4.69, 9.17) is 34.0 Å². The summed E-state index contributed by atoms with van der Waals surface area (Å²) in [6.45, 7) is 2.63. The fourth-order valence-electron chi connectivity index (χ4n) is 5.06. The average Bonchev–Trinajstić information content (AvgIpc) is 3.50. The molecule has 0 bridgehead atoms. The molecule has 0 fully saturated rings. The number of fused-ring (bicyclic) bond motifs is 1. The number of nitrogens with one attached hydrogen (secondary N) is 2. The number of nitrogen functional groups attached to an aromatic ring is 1. The number of carbonyl (C=O) groups is 2. The molecule has 2 amide bonds. The molecule has 3 heterocycles. The van der Waals surface area contributed by atoms with Crippen LogP contribution in [0.4, 0.5) is 17.5 Å². The van der Waals surface area contributed by atoms with Gasteiger partial charge in [-0.1, -0.05) is 47.5 Å². The SMILES string of the molecule is C[C@H](NS(=O)(=O)c1cnc2n1[C@](C)(Cc1ccc(-c3cncnc3N)cc1)C(=O)N2c1cc(Cl)cc(Cl)c1)C(=O)NCCO. The Balaban J connectivity index is 1.57. The van der Waals surface area contributed by atoms with E-state index < -0.39 is 33.4 Å². The van der Waals surface area contributed by atoms with E-state index in [0.717, 1.165) is 11.8 Å². The molecule has 0 saturated carbocycles. The lowest BCUT2D eigenvalue weighted by Crippen LogP contribution is -2.47. The van der Waals surface area contributed by atoms with Crippen LogP contribution in [0.15, 0.2) is 66.2 Å². The Morgan fingerprint density at radius 2 is 1.80 bits per heavy atom. The number of amides is 2. The van der Waals surface area contributed by atoms with Crippen LogP contribution < -0.4 is 20.7 Å². The van der Waals surface area contributed by atoms with Gasteiger partial charge in [-0.2, -0.15) is 4.72 Å². The molecule has 1 aliphatic rings. The Bertz CT molecular complexity index is 1830. The molecule has 44 heavy (non-hydrogen) atoms. The van der Waals surface area contributed by atoms with Crippen LogP contribution in [0.3, 0.4) is 0 Å². The molecule has 0 saturated heterocycles. The summed E-state index contributed by atoms with van der Waals surface area (Å²) in [6, 6.07) is 10.6. The summed E-state index contributed by atoms with van der Waals surface area (Å²) in [7, 11) is -4.40. The third-order valence-electron chi connectivity index (χ3n) is 7.14. The van der Waals surface area contributed by atoms with Gasteiger partial charge < -0.3 is 16.2 Å². The summed E-state index contributed by atoms with van der Waals surface area (Å²) in [5.74, 6) is -0.776. The van der Waals surface area contributed by atoms with Crippen molar-refractivity contribution in [1.29, 1.82) is 0 Å². The lowest BCUT2D eigenvalue weighted by Gasteiger charge is -2.27. The number of hydrogen-bond donors (Lipinski definition) is 4. The van der Waals surface area contributed by atoms with Crippen molar-refractivity contribution < 1.29 is 23.1 Å². The quantitative estimate of drug-likeness (QED) is 0.199. The van der Waals surface area contributed by atoms with Gasteiger partial charge in [0.25, 0.3) is 15.9 Å². The second-order valence-corrected chi connectivity index (χ2v) is 12.9. The van der Waals surface area contributed by atoms with E-state index in [-0.39, 0.29) is 40.6 Å². The third kappa shape index (κ3) is 5.86.